The maximum atomic E-state index is 13.3. The van der Waals surface area contributed by atoms with Gasteiger partial charge in [0, 0.05) is 23.5 Å². The van der Waals surface area contributed by atoms with E-state index in [1.807, 2.05) is 47.8 Å². The molecule has 1 atom stereocenters. The van der Waals surface area contributed by atoms with Crippen LogP contribution in [-0.4, -0.2) is 25.5 Å². The van der Waals surface area contributed by atoms with Crippen LogP contribution in [0.25, 0.3) is 0 Å². The number of nitrogens with zero attached hydrogens (tertiary/aromatic N) is 1. The predicted octanol–water partition coefficient (Wildman–Crippen LogP) is 5.25. The Morgan fingerprint density at radius 1 is 1.13 bits per heavy atom. The Hall–Kier alpha value is -2.83. The minimum Gasteiger partial charge on any atom is -0.495 e. The third-order valence-electron chi connectivity index (χ3n) is 4.86. The average Bonchev–Trinajstić information content (AvgIpc) is 3.31. The van der Waals surface area contributed by atoms with Crippen LogP contribution < -0.4 is 15.0 Å². The number of hydrogen-bond acceptors (Lipinski definition) is 4. The van der Waals surface area contributed by atoms with Gasteiger partial charge in [0.2, 0.25) is 11.8 Å². The van der Waals surface area contributed by atoms with Gasteiger partial charge in [0.1, 0.15) is 11.8 Å². The summed E-state index contributed by atoms with van der Waals surface area (Å²) in [5.74, 6) is 0.110. The summed E-state index contributed by atoms with van der Waals surface area (Å²) in [4.78, 5) is 28.6. The molecule has 0 saturated heterocycles. The molecule has 0 bridgehead atoms. The van der Waals surface area contributed by atoms with Gasteiger partial charge in [-0.05, 0) is 41.6 Å². The van der Waals surface area contributed by atoms with Crippen LogP contribution in [-0.2, 0) is 16.0 Å². The van der Waals surface area contributed by atoms with E-state index in [9.17, 15) is 9.59 Å². The summed E-state index contributed by atoms with van der Waals surface area (Å²) >= 11 is 7.76. The Labute approximate surface area is 191 Å². The molecule has 1 unspecified atom stereocenters. The molecule has 0 spiro atoms. The van der Waals surface area contributed by atoms with Gasteiger partial charge in [-0.25, -0.2) is 0 Å². The molecule has 1 N–H and O–H groups in total. The molecule has 0 radical (unpaired) electrons. The third-order valence-corrected chi connectivity index (χ3v) is 6.08. The average molecular weight is 457 g/mol. The van der Waals surface area contributed by atoms with Gasteiger partial charge in [-0.1, -0.05) is 54.9 Å². The van der Waals surface area contributed by atoms with Crippen molar-refractivity contribution >= 4 is 40.4 Å². The Balaban J connectivity index is 1.89. The van der Waals surface area contributed by atoms with E-state index in [0.29, 0.717) is 29.4 Å². The molecule has 2 aromatic carbocycles. The molecule has 5 nitrogen and oxygen atoms in total. The Morgan fingerprint density at radius 3 is 2.52 bits per heavy atom. The van der Waals surface area contributed by atoms with Crippen molar-refractivity contribution in [1.82, 2.24) is 5.32 Å². The first-order valence-electron chi connectivity index (χ1n) is 10.1. The largest absolute Gasteiger partial charge is 0.495 e. The molecule has 3 aromatic rings. The second-order valence-electron chi connectivity index (χ2n) is 6.88. The van der Waals surface area contributed by atoms with Crippen LogP contribution in [0.2, 0.25) is 5.02 Å². The van der Waals surface area contributed by atoms with Crippen molar-refractivity contribution in [3.8, 4) is 5.75 Å². The highest BCUT2D eigenvalue weighted by atomic mass is 35.5. The minimum absolute atomic E-state index is 0.169. The molecule has 0 aliphatic rings. The van der Waals surface area contributed by atoms with E-state index >= 15 is 0 Å². The maximum absolute atomic E-state index is 13.3. The van der Waals surface area contributed by atoms with Gasteiger partial charge >= 0.3 is 0 Å². The molecule has 31 heavy (non-hydrogen) atoms. The van der Waals surface area contributed by atoms with E-state index < -0.39 is 6.04 Å². The highest BCUT2D eigenvalue weighted by Gasteiger charge is 2.33. The Kier molecular flexibility index (Phi) is 8.09. The SMILES string of the molecule is CCC(=O)N(c1ccc(OC)c(Cl)c1)C(C(=O)NCCc1ccccc1)c1cccs1. The van der Waals surface area contributed by atoms with Crippen molar-refractivity contribution in [1.29, 1.82) is 0 Å². The molecule has 0 aliphatic carbocycles. The van der Waals surface area contributed by atoms with E-state index in [4.69, 9.17) is 16.3 Å². The lowest BCUT2D eigenvalue weighted by atomic mass is 10.1. The first kappa shape index (κ1) is 22.8. The van der Waals surface area contributed by atoms with Crippen LogP contribution in [0, 0.1) is 0 Å². The highest BCUT2D eigenvalue weighted by molar-refractivity contribution is 7.10. The van der Waals surface area contributed by atoms with Crippen molar-refractivity contribution in [2.24, 2.45) is 0 Å². The minimum atomic E-state index is -0.785. The standard InChI is InChI=1S/C24H25ClN2O3S/c1-3-22(28)27(18-11-12-20(30-2)19(25)16-18)23(21-10-7-15-31-21)24(29)26-14-13-17-8-5-4-6-9-17/h4-12,15-16,23H,3,13-14H2,1-2H3,(H,26,29). The molecule has 0 aliphatic heterocycles. The van der Waals surface area contributed by atoms with Crippen LogP contribution in [0.5, 0.6) is 5.75 Å². The topological polar surface area (TPSA) is 58.6 Å². The van der Waals surface area contributed by atoms with E-state index in [2.05, 4.69) is 5.32 Å². The van der Waals surface area contributed by atoms with E-state index in [1.54, 1.807) is 25.1 Å². The van der Waals surface area contributed by atoms with Gasteiger partial charge in [0.15, 0.2) is 0 Å². The number of carbonyl (C=O) groups is 2. The fourth-order valence-corrected chi connectivity index (χ4v) is 4.37. The fraction of sp³-hybridized carbons (Fsp3) is 0.250. The van der Waals surface area contributed by atoms with Gasteiger partial charge < -0.3 is 10.1 Å². The Bertz CT molecular complexity index is 1010. The van der Waals surface area contributed by atoms with Gasteiger partial charge in [-0.15, -0.1) is 11.3 Å². The highest BCUT2D eigenvalue weighted by Crippen LogP contribution is 2.35. The molecule has 1 aromatic heterocycles. The van der Waals surface area contributed by atoms with Crippen molar-refractivity contribution in [2.45, 2.75) is 25.8 Å². The summed E-state index contributed by atoms with van der Waals surface area (Å²) < 4.78 is 5.23. The third kappa shape index (κ3) is 5.66. The number of thiophene rings is 1. The summed E-state index contributed by atoms with van der Waals surface area (Å²) in [5.41, 5.74) is 1.69. The normalized spacial score (nSPS) is 11.6. The molecule has 0 saturated carbocycles. The predicted molar refractivity (Wildman–Crippen MR) is 126 cm³/mol. The second-order valence-corrected chi connectivity index (χ2v) is 8.27. The van der Waals surface area contributed by atoms with Crippen LogP contribution in [0.4, 0.5) is 5.69 Å². The number of carbonyl (C=O) groups excluding carboxylic acids is 2. The maximum Gasteiger partial charge on any atom is 0.248 e. The van der Waals surface area contributed by atoms with Crippen LogP contribution in [0.3, 0.4) is 0 Å². The smallest absolute Gasteiger partial charge is 0.248 e. The van der Waals surface area contributed by atoms with Crippen molar-refractivity contribution in [2.75, 3.05) is 18.6 Å². The quantitative estimate of drug-likeness (QED) is 0.478. The molecule has 1 heterocycles. The summed E-state index contributed by atoms with van der Waals surface area (Å²) in [5, 5.41) is 5.28. The van der Waals surface area contributed by atoms with Crippen molar-refractivity contribution in [3.05, 3.63) is 81.5 Å². The number of hydrogen-bond donors (Lipinski definition) is 1. The molecule has 0 fully saturated rings. The number of methoxy groups -OCH3 is 1. The summed E-state index contributed by atoms with van der Waals surface area (Å²) in [6.45, 7) is 2.25. The monoisotopic (exact) mass is 456 g/mol. The zero-order valence-corrected chi connectivity index (χ0v) is 19.1. The molecular weight excluding hydrogens is 432 g/mol. The number of halogens is 1. The van der Waals surface area contributed by atoms with Crippen molar-refractivity contribution < 1.29 is 14.3 Å². The molecule has 7 heteroatoms. The number of amides is 2. The Morgan fingerprint density at radius 2 is 1.90 bits per heavy atom. The lowest BCUT2D eigenvalue weighted by Crippen LogP contribution is -2.44. The fourth-order valence-electron chi connectivity index (χ4n) is 3.30. The van der Waals surface area contributed by atoms with Crippen molar-refractivity contribution in [3.63, 3.8) is 0 Å². The number of ether oxygens (including phenoxy) is 1. The first-order valence-corrected chi connectivity index (χ1v) is 11.3. The van der Waals surface area contributed by atoms with E-state index in [0.717, 1.165) is 10.4 Å². The van der Waals surface area contributed by atoms with E-state index in [-0.39, 0.29) is 18.2 Å². The van der Waals surface area contributed by atoms with Gasteiger partial charge in [0.25, 0.3) is 0 Å². The molecule has 3 rings (SSSR count). The number of benzene rings is 2. The van der Waals surface area contributed by atoms with Gasteiger partial charge in [-0.2, -0.15) is 0 Å². The lowest BCUT2D eigenvalue weighted by Gasteiger charge is -2.30. The molecule has 162 valence electrons. The summed E-state index contributed by atoms with van der Waals surface area (Å²) in [6, 6.07) is 18.0. The summed E-state index contributed by atoms with van der Waals surface area (Å²) in [7, 11) is 1.53. The zero-order valence-electron chi connectivity index (χ0n) is 17.5. The second kappa shape index (κ2) is 11.0. The zero-order chi connectivity index (χ0) is 22.2. The number of nitrogens with one attached hydrogen (secondary N) is 1. The summed E-state index contributed by atoms with van der Waals surface area (Å²) in [6.07, 6.45) is 0.961. The number of rotatable bonds is 9. The molecular formula is C24H25ClN2O3S. The van der Waals surface area contributed by atoms with Crippen LogP contribution >= 0.6 is 22.9 Å². The van der Waals surface area contributed by atoms with Gasteiger partial charge in [-0.3, -0.25) is 14.5 Å². The van der Waals surface area contributed by atoms with Crippen LogP contribution in [0.1, 0.15) is 29.8 Å². The lowest BCUT2D eigenvalue weighted by molar-refractivity contribution is -0.126. The number of anilines is 1. The van der Waals surface area contributed by atoms with Crippen LogP contribution in [0.15, 0.2) is 66.0 Å². The first-order chi connectivity index (χ1) is 15.0. The van der Waals surface area contributed by atoms with E-state index in [1.165, 1.54) is 23.3 Å². The van der Waals surface area contributed by atoms with Gasteiger partial charge in [0.05, 0.1) is 12.1 Å². The molecule has 2 amide bonds.